The maximum Gasteiger partial charge on any atom is 0.116 e. The standard InChI is InChI=1S/C19H21NO2.ClH/c1-20(2)12-15-7-6-13-8-9-17(22)11-18(13)19(15)14-4-3-5-16(21)10-14;/h3-5,8-11,21-22H,6-7,12H2,1-2H3;1H. The first-order chi connectivity index (χ1) is 10.5. The summed E-state index contributed by atoms with van der Waals surface area (Å²) in [6.07, 6.45) is 1.99. The first kappa shape index (κ1) is 17.4. The van der Waals surface area contributed by atoms with Crippen LogP contribution in [0, 0.1) is 0 Å². The third kappa shape index (κ3) is 3.69. The summed E-state index contributed by atoms with van der Waals surface area (Å²) in [5.74, 6) is 0.545. The second-order valence-corrected chi connectivity index (χ2v) is 6.11. The Labute approximate surface area is 143 Å². The predicted octanol–water partition coefficient (Wildman–Crippen LogP) is 3.83. The number of likely N-dealkylation sites (N-methyl/N-ethyl adjacent to an activating group) is 1. The summed E-state index contributed by atoms with van der Waals surface area (Å²) in [6.45, 7) is 0.875. The lowest BCUT2D eigenvalue weighted by molar-refractivity contribution is 0.439. The Hall–Kier alpha value is -1.97. The van der Waals surface area contributed by atoms with E-state index in [-0.39, 0.29) is 23.9 Å². The lowest BCUT2D eigenvalue weighted by atomic mass is 9.82. The second kappa shape index (κ2) is 7.07. The first-order valence-electron chi connectivity index (χ1n) is 7.53. The third-order valence-electron chi connectivity index (χ3n) is 4.05. The van der Waals surface area contributed by atoms with Gasteiger partial charge in [0.2, 0.25) is 0 Å². The Morgan fingerprint density at radius 3 is 2.39 bits per heavy atom. The van der Waals surface area contributed by atoms with E-state index in [2.05, 4.69) is 19.0 Å². The molecule has 0 amide bonds. The van der Waals surface area contributed by atoms with Crippen LogP contribution in [0.1, 0.15) is 23.1 Å². The molecule has 4 heteroatoms. The summed E-state index contributed by atoms with van der Waals surface area (Å²) in [7, 11) is 4.12. The number of hydrogen-bond acceptors (Lipinski definition) is 3. The molecule has 0 atom stereocenters. The van der Waals surface area contributed by atoms with Crippen molar-refractivity contribution in [1.82, 2.24) is 4.90 Å². The van der Waals surface area contributed by atoms with Gasteiger partial charge in [-0.1, -0.05) is 18.2 Å². The highest BCUT2D eigenvalue weighted by Crippen LogP contribution is 2.38. The SMILES string of the molecule is CN(C)CC1=C(c2cccc(O)c2)c2cc(O)ccc2CC1.Cl. The molecule has 0 saturated carbocycles. The van der Waals surface area contributed by atoms with Crippen LogP contribution in [0.15, 0.2) is 48.0 Å². The number of rotatable bonds is 3. The molecule has 2 aromatic carbocycles. The van der Waals surface area contributed by atoms with Gasteiger partial charge in [0.1, 0.15) is 11.5 Å². The molecule has 122 valence electrons. The van der Waals surface area contributed by atoms with Crippen LogP contribution in [-0.2, 0) is 6.42 Å². The van der Waals surface area contributed by atoms with Gasteiger partial charge in [-0.15, -0.1) is 12.4 Å². The smallest absolute Gasteiger partial charge is 0.116 e. The lowest BCUT2D eigenvalue weighted by Gasteiger charge is -2.26. The summed E-state index contributed by atoms with van der Waals surface area (Å²) in [5.41, 5.74) is 5.81. The van der Waals surface area contributed by atoms with Gasteiger partial charge in [-0.05, 0) is 79.0 Å². The number of aryl methyl sites for hydroxylation is 1. The van der Waals surface area contributed by atoms with E-state index in [9.17, 15) is 10.2 Å². The predicted molar refractivity (Wildman–Crippen MR) is 96.4 cm³/mol. The van der Waals surface area contributed by atoms with Crippen molar-refractivity contribution < 1.29 is 10.2 Å². The van der Waals surface area contributed by atoms with Gasteiger partial charge < -0.3 is 15.1 Å². The fourth-order valence-electron chi connectivity index (χ4n) is 3.18. The van der Waals surface area contributed by atoms with E-state index in [0.29, 0.717) is 0 Å². The summed E-state index contributed by atoms with van der Waals surface area (Å²) < 4.78 is 0. The Kier molecular flexibility index (Phi) is 5.34. The van der Waals surface area contributed by atoms with E-state index in [4.69, 9.17) is 0 Å². The minimum absolute atomic E-state index is 0. The average Bonchev–Trinajstić information content (AvgIpc) is 2.46. The van der Waals surface area contributed by atoms with E-state index >= 15 is 0 Å². The molecule has 0 saturated heterocycles. The molecule has 0 aliphatic heterocycles. The number of halogens is 1. The molecule has 0 unspecified atom stereocenters. The number of benzene rings is 2. The van der Waals surface area contributed by atoms with Gasteiger partial charge in [0.25, 0.3) is 0 Å². The average molecular weight is 332 g/mol. The fraction of sp³-hybridized carbons (Fsp3) is 0.263. The Bertz CT molecular complexity index is 738. The van der Waals surface area contributed by atoms with Gasteiger partial charge in [-0.25, -0.2) is 0 Å². The first-order valence-corrected chi connectivity index (χ1v) is 7.53. The molecule has 23 heavy (non-hydrogen) atoms. The molecule has 2 aromatic rings. The molecule has 0 aromatic heterocycles. The highest BCUT2D eigenvalue weighted by molar-refractivity contribution is 5.86. The van der Waals surface area contributed by atoms with Gasteiger partial charge in [-0.2, -0.15) is 0 Å². The van der Waals surface area contributed by atoms with Crippen LogP contribution in [0.5, 0.6) is 11.5 Å². The molecule has 2 N–H and O–H groups in total. The number of phenolic OH excluding ortho intramolecular Hbond substituents is 2. The second-order valence-electron chi connectivity index (χ2n) is 6.11. The van der Waals surface area contributed by atoms with E-state index in [1.54, 1.807) is 18.2 Å². The Balaban J connectivity index is 0.00000192. The van der Waals surface area contributed by atoms with E-state index in [1.807, 2.05) is 24.3 Å². The monoisotopic (exact) mass is 331 g/mol. The minimum Gasteiger partial charge on any atom is -0.508 e. The zero-order chi connectivity index (χ0) is 15.7. The van der Waals surface area contributed by atoms with Gasteiger partial charge in [0.15, 0.2) is 0 Å². The number of fused-ring (bicyclic) bond motifs is 1. The van der Waals surface area contributed by atoms with Crippen LogP contribution in [0.25, 0.3) is 5.57 Å². The topological polar surface area (TPSA) is 43.7 Å². The van der Waals surface area contributed by atoms with Crippen molar-refractivity contribution in [1.29, 1.82) is 0 Å². The van der Waals surface area contributed by atoms with Crippen LogP contribution < -0.4 is 0 Å². The largest absolute Gasteiger partial charge is 0.508 e. The van der Waals surface area contributed by atoms with Crippen LogP contribution >= 0.6 is 12.4 Å². The van der Waals surface area contributed by atoms with Gasteiger partial charge in [0, 0.05) is 6.54 Å². The van der Waals surface area contributed by atoms with E-state index in [0.717, 1.165) is 36.1 Å². The molecule has 1 aliphatic rings. The highest BCUT2D eigenvalue weighted by atomic mass is 35.5. The van der Waals surface area contributed by atoms with E-state index < -0.39 is 0 Å². The van der Waals surface area contributed by atoms with Gasteiger partial charge >= 0.3 is 0 Å². The van der Waals surface area contributed by atoms with Gasteiger partial charge in [0.05, 0.1) is 0 Å². The maximum absolute atomic E-state index is 9.89. The van der Waals surface area contributed by atoms with Crippen molar-refractivity contribution in [2.75, 3.05) is 20.6 Å². The van der Waals surface area contributed by atoms with Crippen LogP contribution in [0.3, 0.4) is 0 Å². The number of aromatic hydroxyl groups is 2. The van der Waals surface area contributed by atoms with Crippen LogP contribution in [-0.4, -0.2) is 35.8 Å². The molecule has 0 bridgehead atoms. The lowest BCUT2D eigenvalue weighted by Crippen LogP contribution is -2.19. The molecule has 0 radical (unpaired) electrons. The van der Waals surface area contributed by atoms with E-state index in [1.165, 1.54) is 11.1 Å². The Morgan fingerprint density at radius 1 is 0.957 bits per heavy atom. The third-order valence-corrected chi connectivity index (χ3v) is 4.05. The normalized spacial score (nSPS) is 13.7. The molecular formula is C19H22ClNO2. The van der Waals surface area contributed by atoms with Crippen molar-refractivity contribution in [2.24, 2.45) is 0 Å². The summed E-state index contributed by atoms with van der Waals surface area (Å²) in [5, 5.41) is 19.7. The minimum atomic E-state index is 0. The van der Waals surface area contributed by atoms with Crippen molar-refractivity contribution >= 4 is 18.0 Å². The molecule has 0 fully saturated rings. The summed E-state index contributed by atoms with van der Waals surface area (Å²) >= 11 is 0. The van der Waals surface area contributed by atoms with Crippen molar-refractivity contribution in [2.45, 2.75) is 12.8 Å². The van der Waals surface area contributed by atoms with Crippen molar-refractivity contribution in [3.63, 3.8) is 0 Å². The van der Waals surface area contributed by atoms with Crippen molar-refractivity contribution in [3.8, 4) is 11.5 Å². The van der Waals surface area contributed by atoms with Crippen LogP contribution in [0.2, 0.25) is 0 Å². The number of hydrogen-bond donors (Lipinski definition) is 2. The van der Waals surface area contributed by atoms with Crippen molar-refractivity contribution in [3.05, 3.63) is 64.7 Å². The Morgan fingerprint density at radius 2 is 1.70 bits per heavy atom. The number of phenols is 2. The summed E-state index contributed by atoms with van der Waals surface area (Å²) in [6, 6.07) is 12.9. The highest BCUT2D eigenvalue weighted by Gasteiger charge is 2.21. The zero-order valence-corrected chi connectivity index (χ0v) is 14.2. The molecule has 3 nitrogen and oxygen atoms in total. The molecule has 3 rings (SSSR count). The molecule has 0 spiro atoms. The molecule has 0 heterocycles. The molecular weight excluding hydrogens is 310 g/mol. The van der Waals surface area contributed by atoms with Crippen LogP contribution in [0.4, 0.5) is 0 Å². The van der Waals surface area contributed by atoms with Gasteiger partial charge in [-0.3, -0.25) is 0 Å². The quantitative estimate of drug-likeness (QED) is 0.898. The fourth-order valence-corrected chi connectivity index (χ4v) is 3.18. The molecule has 1 aliphatic carbocycles. The number of nitrogens with zero attached hydrogens (tertiary/aromatic N) is 1. The maximum atomic E-state index is 9.89. The summed E-state index contributed by atoms with van der Waals surface area (Å²) in [4.78, 5) is 2.16. The zero-order valence-electron chi connectivity index (χ0n) is 13.4.